The van der Waals surface area contributed by atoms with Crippen LogP contribution < -0.4 is 0 Å². The Balaban J connectivity index is 1.43. The normalized spacial score (nSPS) is 29.2. The number of nitrogens with zero attached hydrogens (tertiary/aromatic N) is 3. The number of amides is 1. The van der Waals surface area contributed by atoms with Crippen molar-refractivity contribution in [1.82, 2.24) is 14.7 Å². The monoisotopic (exact) mass is 341 g/mol. The molecule has 0 radical (unpaired) electrons. The van der Waals surface area contributed by atoms with Crippen LogP contribution in [0.15, 0.2) is 30.3 Å². The van der Waals surface area contributed by atoms with E-state index in [1.807, 2.05) is 0 Å². The number of hydrogen-bond donors (Lipinski definition) is 0. The van der Waals surface area contributed by atoms with Crippen molar-refractivity contribution in [3.8, 4) is 0 Å². The van der Waals surface area contributed by atoms with Crippen molar-refractivity contribution in [2.24, 2.45) is 5.92 Å². The maximum Gasteiger partial charge on any atom is 0.222 e. The molecule has 2 saturated heterocycles. The van der Waals surface area contributed by atoms with E-state index < -0.39 is 0 Å². The van der Waals surface area contributed by atoms with Gasteiger partial charge in [0.25, 0.3) is 0 Å². The molecular weight excluding hydrogens is 310 g/mol. The Morgan fingerprint density at radius 2 is 1.88 bits per heavy atom. The third-order valence-electron chi connectivity index (χ3n) is 6.51. The number of hydrogen-bond acceptors (Lipinski definition) is 3. The second kappa shape index (κ2) is 7.08. The van der Waals surface area contributed by atoms with Gasteiger partial charge in [0.1, 0.15) is 0 Å². The van der Waals surface area contributed by atoms with E-state index in [-0.39, 0.29) is 5.54 Å². The summed E-state index contributed by atoms with van der Waals surface area (Å²) in [4.78, 5) is 19.9. The average molecular weight is 341 g/mol. The predicted molar refractivity (Wildman–Crippen MR) is 100 cm³/mol. The number of carbonyl (C=O) groups excluding carboxylic acids is 1. The van der Waals surface area contributed by atoms with Crippen molar-refractivity contribution in [3.63, 3.8) is 0 Å². The highest BCUT2D eigenvalue weighted by Crippen LogP contribution is 2.35. The Morgan fingerprint density at radius 3 is 2.64 bits per heavy atom. The number of piperazine rings is 1. The van der Waals surface area contributed by atoms with Gasteiger partial charge in [-0.25, -0.2) is 0 Å². The van der Waals surface area contributed by atoms with Crippen LogP contribution in [0.25, 0.3) is 0 Å². The van der Waals surface area contributed by atoms with Gasteiger partial charge in [-0.05, 0) is 44.2 Å². The highest BCUT2D eigenvalue weighted by Gasteiger charge is 2.42. The summed E-state index contributed by atoms with van der Waals surface area (Å²) in [5, 5.41) is 0. The molecule has 136 valence electrons. The number of benzene rings is 1. The lowest BCUT2D eigenvalue weighted by Gasteiger charge is -2.49. The average Bonchev–Trinajstić information content (AvgIpc) is 3.45. The summed E-state index contributed by atoms with van der Waals surface area (Å²) in [5.41, 5.74) is 1.56. The van der Waals surface area contributed by atoms with E-state index in [0.717, 1.165) is 64.4 Å². The van der Waals surface area contributed by atoms with Crippen molar-refractivity contribution >= 4 is 5.91 Å². The molecule has 25 heavy (non-hydrogen) atoms. The van der Waals surface area contributed by atoms with Crippen molar-refractivity contribution in [1.29, 1.82) is 0 Å². The zero-order valence-corrected chi connectivity index (χ0v) is 15.5. The fourth-order valence-corrected chi connectivity index (χ4v) is 4.56. The summed E-state index contributed by atoms with van der Waals surface area (Å²) in [6.45, 7) is 6.28. The highest BCUT2D eigenvalue weighted by atomic mass is 16.2. The summed E-state index contributed by atoms with van der Waals surface area (Å²) in [7, 11) is 2.26. The van der Waals surface area contributed by atoms with Gasteiger partial charge in [-0.15, -0.1) is 0 Å². The largest absolute Gasteiger partial charge is 0.342 e. The van der Waals surface area contributed by atoms with Gasteiger partial charge in [-0.1, -0.05) is 30.3 Å². The first-order valence-electron chi connectivity index (χ1n) is 9.90. The van der Waals surface area contributed by atoms with Gasteiger partial charge < -0.3 is 4.90 Å². The predicted octanol–water partition coefficient (Wildman–Crippen LogP) is 2.60. The standard InChI is InChI=1S/C21H31N3O/c1-22-13-14-23(15-18-5-3-2-4-6-18)17-21(22)10-9-20(25)24(12-11-21)16-19-7-8-19/h2-6,19H,7-17H2,1H3. The molecule has 0 N–H and O–H groups in total. The summed E-state index contributed by atoms with van der Waals surface area (Å²) in [6, 6.07) is 10.8. The van der Waals surface area contributed by atoms with Crippen LogP contribution in [0.4, 0.5) is 0 Å². The van der Waals surface area contributed by atoms with Crippen molar-refractivity contribution in [2.45, 2.75) is 44.2 Å². The second-order valence-corrected chi connectivity index (χ2v) is 8.38. The number of likely N-dealkylation sites (tertiary alicyclic amines) is 1. The molecule has 0 bridgehead atoms. The lowest BCUT2D eigenvalue weighted by Crippen LogP contribution is -2.60. The van der Waals surface area contributed by atoms with E-state index in [2.05, 4.69) is 52.1 Å². The molecule has 1 amide bonds. The Hall–Kier alpha value is -1.39. The molecule has 1 unspecified atom stereocenters. The SMILES string of the molecule is CN1CCN(Cc2ccccc2)CC12CCC(=O)N(CC1CC1)CC2. The quantitative estimate of drug-likeness (QED) is 0.842. The molecule has 2 aliphatic heterocycles. The highest BCUT2D eigenvalue weighted by molar-refractivity contribution is 5.76. The third-order valence-corrected chi connectivity index (χ3v) is 6.51. The van der Waals surface area contributed by atoms with Gasteiger partial charge >= 0.3 is 0 Å². The van der Waals surface area contributed by atoms with Gasteiger partial charge in [0.2, 0.25) is 5.91 Å². The molecule has 1 aliphatic carbocycles. The lowest BCUT2D eigenvalue weighted by atomic mass is 9.86. The summed E-state index contributed by atoms with van der Waals surface area (Å²) in [6.07, 6.45) is 5.48. The second-order valence-electron chi connectivity index (χ2n) is 8.38. The van der Waals surface area contributed by atoms with Crippen molar-refractivity contribution < 1.29 is 4.79 Å². The Kier molecular flexibility index (Phi) is 4.83. The van der Waals surface area contributed by atoms with Crippen LogP contribution in [0.3, 0.4) is 0 Å². The molecule has 3 aliphatic rings. The molecule has 1 aromatic carbocycles. The Labute approximate surface area is 151 Å². The summed E-state index contributed by atoms with van der Waals surface area (Å²) >= 11 is 0. The van der Waals surface area contributed by atoms with Gasteiger partial charge in [0.05, 0.1) is 0 Å². The van der Waals surface area contributed by atoms with Crippen LogP contribution >= 0.6 is 0 Å². The fraction of sp³-hybridized carbons (Fsp3) is 0.667. The Morgan fingerprint density at radius 1 is 1.08 bits per heavy atom. The molecule has 0 aromatic heterocycles. The maximum absolute atomic E-state index is 12.6. The first kappa shape index (κ1) is 17.0. The van der Waals surface area contributed by atoms with Crippen LogP contribution in [-0.4, -0.2) is 65.9 Å². The molecule has 1 spiro atoms. The zero-order valence-electron chi connectivity index (χ0n) is 15.5. The van der Waals surface area contributed by atoms with Gasteiger partial charge in [0.15, 0.2) is 0 Å². The summed E-state index contributed by atoms with van der Waals surface area (Å²) in [5.74, 6) is 1.18. The van der Waals surface area contributed by atoms with Crippen LogP contribution in [0.2, 0.25) is 0 Å². The number of likely N-dealkylation sites (N-methyl/N-ethyl adjacent to an activating group) is 1. The molecular formula is C21H31N3O. The van der Waals surface area contributed by atoms with E-state index in [1.54, 1.807) is 0 Å². The van der Waals surface area contributed by atoms with E-state index in [1.165, 1.54) is 18.4 Å². The molecule has 1 atom stereocenters. The first-order chi connectivity index (χ1) is 12.1. The number of carbonyl (C=O) groups is 1. The Bertz CT molecular complexity index is 600. The molecule has 1 aromatic rings. The van der Waals surface area contributed by atoms with E-state index in [4.69, 9.17) is 0 Å². The molecule has 1 saturated carbocycles. The number of rotatable bonds is 4. The topological polar surface area (TPSA) is 26.8 Å². The lowest BCUT2D eigenvalue weighted by molar-refractivity contribution is -0.131. The molecule has 4 rings (SSSR count). The van der Waals surface area contributed by atoms with Crippen LogP contribution in [0, 0.1) is 5.92 Å². The smallest absolute Gasteiger partial charge is 0.222 e. The molecule has 4 nitrogen and oxygen atoms in total. The van der Waals surface area contributed by atoms with E-state index >= 15 is 0 Å². The van der Waals surface area contributed by atoms with Crippen LogP contribution in [0.1, 0.15) is 37.7 Å². The maximum atomic E-state index is 12.6. The summed E-state index contributed by atoms with van der Waals surface area (Å²) < 4.78 is 0. The van der Waals surface area contributed by atoms with Gasteiger partial charge in [-0.2, -0.15) is 0 Å². The van der Waals surface area contributed by atoms with Gasteiger partial charge in [-0.3, -0.25) is 14.6 Å². The van der Waals surface area contributed by atoms with E-state index in [9.17, 15) is 4.79 Å². The first-order valence-corrected chi connectivity index (χ1v) is 9.90. The van der Waals surface area contributed by atoms with Crippen LogP contribution in [0.5, 0.6) is 0 Å². The minimum absolute atomic E-state index is 0.168. The van der Waals surface area contributed by atoms with Crippen LogP contribution in [-0.2, 0) is 11.3 Å². The fourth-order valence-electron chi connectivity index (χ4n) is 4.56. The van der Waals surface area contributed by atoms with Gasteiger partial charge in [0, 0.05) is 51.2 Å². The molecule has 3 fully saturated rings. The minimum Gasteiger partial charge on any atom is -0.342 e. The third kappa shape index (κ3) is 3.90. The molecule has 2 heterocycles. The van der Waals surface area contributed by atoms with Crippen molar-refractivity contribution in [3.05, 3.63) is 35.9 Å². The minimum atomic E-state index is 0.168. The van der Waals surface area contributed by atoms with E-state index in [0.29, 0.717) is 5.91 Å². The van der Waals surface area contributed by atoms with Crippen molar-refractivity contribution in [2.75, 3.05) is 39.8 Å². The molecule has 4 heteroatoms. The zero-order chi connectivity index (χ0) is 17.3.